The number of nitrogens with two attached hydrogens (primary N) is 1. The summed E-state index contributed by atoms with van der Waals surface area (Å²) in [5.41, 5.74) is 5.88. The summed E-state index contributed by atoms with van der Waals surface area (Å²) >= 11 is 9.37. The van der Waals surface area contributed by atoms with Crippen LogP contribution in [0.4, 0.5) is 0 Å². The number of rotatable bonds is 5. The lowest BCUT2D eigenvalue weighted by molar-refractivity contribution is 0.0895. The molecule has 1 rings (SSSR count). The second kappa shape index (κ2) is 6.55. The van der Waals surface area contributed by atoms with Crippen LogP contribution >= 0.6 is 27.5 Å². The van der Waals surface area contributed by atoms with E-state index in [1.54, 1.807) is 18.2 Å². The van der Waals surface area contributed by atoms with E-state index in [0.29, 0.717) is 17.1 Å². The van der Waals surface area contributed by atoms with Gasteiger partial charge in [0, 0.05) is 11.0 Å². The van der Waals surface area contributed by atoms with E-state index in [0.717, 1.165) is 17.3 Å². The molecule has 0 fully saturated rings. The molecule has 0 radical (unpaired) electrons. The molecule has 1 aromatic rings. The SMILES string of the molecule is CCC(CC)(CN)NC(=O)c1ccc(Br)cc1Cl. The van der Waals surface area contributed by atoms with Crippen LogP contribution in [0.25, 0.3) is 0 Å². The molecule has 0 aliphatic carbocycles. The van der Waals surface area contributed by atoms with Crippen LogP contribution in [-0.4, -0.2) is 18.0 Å². The second-order valence-corrected chi connectivity index (χ2v) is 5.59. The summed E-state index contributed by atoms with van der Waals surface area (Å²) in [6.45, 7) is 4.44. The molecule has 0 aromatic heterocycles. The number of nitrogens with one attached hydrogen (secondary N) is 1. The Labute approximate surface area is 121 Å². The number of carbonyl (C=O) groups is 1. The van der Waals surface area contributed by atoms with Crippen molar-refractivity contribution in [2.45, 2.75) is 32.2 Å². The fourth-order valence-electron chi connectivity index (χ4n) is 1.75. The van der Waals surface area contributed by atoms with Gasteiger partial charge in [-0.15, -0.1) is 0 Å². The van der Waals surface area contributed by atoms with Crippen LogP contribution in [0.1, 0.15) is 37.0 Å². The van der Waals surface area contributed by atoms with Gasteiger partial charge in [0.2, 0.25) is 0 Å². The minimum absolute atomic E-state index is 0.179. The standard InChI is InChI=1S/C13H18BrClN2O/c1-3-13(4-2,8-16)17-12(18)10-6-5-9(14)7-11(10)15/h5-7H,3-4,8,16H2,1-2H3,(H,17,18). The zero-order chi connectivity index (χ0) is 13.8. The predicted molar refractivity (Wildman–Crippen MR) is 79.0 cm³/mol. The number of carbonyl (C=O) groups excluding carboxylic acids is 1. The van der Waals surface area contributed by atoms with E-state index in [-0.39, 0.29) is 11.4 Å². The quantitative estimate of drug-likeness (QED) is 0.868. The minimum atomic E-state index is -0.354. The first-order valence-electron chi connectivity index (χ1n) is 5.95. The smallest absolute Gasteiger partial charge is 0.253 e. The molecule has 3 N–H and O–H groups in total. The first-order chi connectivity index (χ1) is 8.48. The molecule has 0 saturated carbocycles. The maximum absolute atomic E-state index is 12.2. The van der Waals surface area contributed by atoms with Crippen LogP contribution in [-0.2, 0) is 0 Å². The normalized spacial score (nSPS) is 11.4. The van der Waals surface area contributed by atoms with Crippen LogP contribution in [0.5, 0.6) is 0 Å². The molecule has 0 aliphatic heterocycles. The van der Waals surface area contributed by atoms with Gasteiger partial charge in [-0.25, -0.2) is 0 Å². The number of hydrogen-bond acceptors (Lipinski definition) is 2. The molecule has 3 nitrogen and oxygen atoms in total. The third-order valence-electron chi connectivity index (χ3n) is 3.30. The molecular formula is C13H18BrClN2O. The summed E-state index contributed by atoms with van der Waals surface area (Å²) < 4.78 is 0.847. The van der Waals surface area contributed by atoms with Gasteiger partial charge >= 0.3 is 0 Å². The van der Waals surface area contributed by atoms with Crippen molar-refractivity contribution >= 4 is 33.4 Å². The summed E-state index contributed by atoms with van der Waals surface area (Å²) in [5, 5.41) is 3.42. The monoisotopic (exact) mass is 332 g/mol. The zero-order valence-electron chi connectivity index (χ0n) is 10.6. The third kappa shape index (κ3) is 3.46. The van der Waals surface area contributed by atoms with Gasteiger partial charge in [0.25, 0.3) is 5.91 Å². The maximum Gasteiger partial charge on any atom is 0.253 e. The Morgan fingerprint density at radius 2 is 2.06 bits per heavy atom. The Morgan fingerprint density at radius 3 is 2.50 bits per heavy atom. The topological polar surface area (TPSA) is 55.1 Å². The van der Waals surface area contributed by atoms with Crippen LogP contribution in [0.2, 0.25) is 5.02 Å². The molecule has 18 heavy (non-hydrogen) atoms. The summed E-state index contributed by atoms with van der Waals surface area (Å²) in [5.74, 6) is -0.179. The van der Waals surface area contributed by atoms with Gasteiger partial charge in [-0.2, -0.15) is 0 Å². The highest BCUT2D eigenvalue weighted by Crippen LogP contribution is 2.22. The van der Waals surface area contributed by atoms with Gasteiger partial charge < -0.3 is 11.1 Å². The molecule has 0 heterocycles. The molecular weight excluding hydrogens is 316 g/mol. The van der Waals surface area contributed by atoms with E-state index in [1.807, 2.05) is 13.8 Å². The molecule has 0 spiro atoms. The largest absolute Gasteiger partial charge is 0.345 e. The maximum atomic E-state index is 12.2. The molecule has 5 heteroatoms. The average Bonchev–Trinajstić information content (AvgIpc) is 2.36. The molecule has 0 saturated heterocycles. The summed E-state index contributed by atoms with van der Waals surface area (Å²) in [6, 6.07) is 5.20. The van der Waals surface area contributed by atoms with Crippen molar-refractivity contribution in [2.75, 3.05) is 6.54 Å². The summed E-state index contributed by atoms with van der Waals surface area (Å²) in [7, 11) is 0. The Bertz CT molecular complexity index is 425. The predicted octanol–water partition coefficient (Wildman–Crippen LogP) is 3.35. The van der Waals surface area contributed by atoms with Crippen molar-refractivity contribution in [2.24, 2.45) is 5.73 Å². The van der Waals surface area contributed by atoms with Crippen LogP contribution in [0.15, 0.2) is 22.7 Å². The Hall–Kier alpha value is -0.580. The van der Waals surface area contributed by atoms with Gasteiger partial charge in [-0.05, 0) is 31.0 Å². The van der Waals surface area contributed by atoms with E-state index in [2.05, 4.69) is 21.2 Å². The van der Waals surface area contributed by atoms with Gasteiger partial charge in [-0.3, -0.25) is 4.79 Å². The first-order valence-corrected chi connectivity index (χ1v) is 7.12. The second-order valence-electron chi connectivity index (χ2n) is 4.27. The lowest BCUT2D eigenvalue weighted by Gasteiger charge is -2.31. The minimum Gasteiger partial charge on any atom is -0.345 e. The van der Waals surface area contributed by atoms with Gasteiger partial charge in [0.05, 0.1) is 16.1 Å². The fraction of sp³-hybridized carbons (Fsp3) is 0.462. The van der Waals surface area contributed by atoms with Crippen LogP contribution in [0.3, 0.4) is 0 Å². The van der Waals surface area contributed by atoms with Gasteiger partial charge in [-0.1, -0.05) is 41.4 Å². The van der Waals surface area contributed by atoms with E-state index in [4.69, 9.17) is 17.3 Å². The van der Waals surface area contributed by atoms with Crippen molar-refractivity contribution in [3.63, 3.8) is 0 Å². The number of halogens is 2. The molecule has 100 valence electrons. The molecule has 1 amide bonds. The lowest BCUT2D eigenvalue weighted by atomic mass is 9.92. The molecule has 0 aliphatic rings. The van der Waals surface area contributed by atoms with Crippen molar-refractivity contribution in [3.05, 3.63) is 33.3 Å². The van der Waals surface area contributed by atoms with Crippen LogP contribution < -0.4 is 11.1 Å². The summed E-state index contributed by atoms with van der Waals surface area (Å²) in [4.78, 5) is 12.2. The van der Waals surface area contributed by atoms with Crippen molar-refractivity contribution in [1.82, 2.24) is 5.32 Å². The van der Waals surface area contributed by atoms with Crippen LogP contribution in [0, 0.1) is 0 Å². The van der Waals surface area contributed by atoms with Crippen molar-refractivity contribution < 1.29 is 4.79 Å². The van der Waals surface area contributed by atoms with E-state index in [1.165, 1.54) is 0 Å². The summed E-state index contributed by atoms with van der Waals surface area (Å²) in [6.07, 6.45) is 1.58. The molecule has 1 aromatic carbocycles. The number of hydrogen-bond donors (Lipinski definition) is 2. The van der Waals surface area contributed by atoms with Gasteiger partial charge in [0.1, 0.15) is 0 Å². The molecule has 0 unspecified atom stereocenters. The fourth-order valence-corrected chi connectivity index (χ4v) is 2.51. The Morgan fingerprint density at radius 1 is 1.44 bits per heavy atom. The van der Waals surface area contributed by atoms with E-state index >= 15 is 0 Å². The van der Waals surface area contributed by atoms with Crippen molar-refractivity contribution in [3.8, 4) is 0 Å². The first kappa shape index (κ1) is 15.5. The van der Waals surface area contributed by atoms with E-state index in [9.17, 15) is 4.79 Å². The average molecular weight is 334 g/mol. The Balaban J connectivity index is 2.94. The van der Waals surface area contributed by atoms with E-state index < -0.39 is 0 Å². The highest BCUT2D eigenvalue weighted by Gasteiger charge is 2.27. The highest BCUT2D eigenvalue weighted by molar-refractivity contribution is 9.10. The number of amides is 1. The lowest BCUT2D eigenvalue weighted by Crippen LogP contribution is -2.52. The number of benzene rings is 1. The van der Waals surface area contributed by atoms with Gasteiger partial charge in [0.15, 0.2) is 0 Å². The van der Waals surface area contributed by atoms with Crippen molar-refractivity contribution in [1.29, 1.82) is 0 Å². The Kier molecular flexibility index (Phi) is 5.63. The highest BCUT2D eigenvalue weighted by atomic mass is 79.9. The molecule has 0 bridgehead atoms. The zero-order valence-corrected chi connectivity index (χ0v) is 12.9. The molecule has 0 atom stereocenters. The third-order valence-corrected chi connectivity index (χ3v) is 4.10.